The molecule has 0 amide bonds. The third kappa shape index (κ3) is 4.84. The average molecular weight is 688 g/mol. The lowest BCUT2D eigenvalue weighted by Gasteiger charge is -2.41. The van der Waals surface area contributed by atoms with Crippen LogP contribution in [0.2, 0.25) is 0 Å². The zero-order chi connectivity index (χ0) is 33.3. The van der Waals surface area contributed by atoms with Gasteiger partial charge in [0, 0.05) is 14.6 Å². The molecule has 4 aromatic rings. The smallest absolute Gasteiger partial charge is 0.286 e. The molecule has 4 rings (SSSR count). The van der Waals surface area contributed by atoms with E-state index in [1.165, 1.54) is 6.07 Å². The summed E-state index contributed by atoms with van der Waals surface area (Å²) < 4.78 is 202. The van der Waals surface area contributed by atoms with Crippen LogP contribution in [0.1, 0.15) is 9.67 Å². The second-order valence-corrected chi connectivity index (χ2v) is 11.3. The fraction of sp³-hybridized carbons (Fsp3) is 0.269. The molecule has 0 atom stereocenters. The summed E-state index contributed by atoms with van der Waals surface area (Å²) in [5.74, 6) is -51.5. The topological polar surface area (TPSA) is 17.1 Å². The molecule has 0 radical (unpaired) electrons. The van der Waals surface area contributed by atoms with Crippen LogP contribution in [0.15, 0.2) is 66.7 Å². The number of thiophene rings is 2. The van der Waals surface area contributed by atoms with E-state index in [1.807, 2.05) is 12.1 Å². The van der Waals surface area contributed by atoms with Crippen molar-refractivity contribution in [2.45, 2.75) is 41.7 Å². The molecule has 0 unspecified atom stereocenters. The second kappa shape index (κ2) is 10.4. The Morgan fingerprint density at radius 2 is 0.955 bits per heavy atom. The van der Waals surface area contributed by atoms with Gasteiger partial charge in [-0.2, -0.15) is 65.9 Å². The predicted octanol–water partition coefficient (Wildman–Crippen LogP) is 10.9. The first-order valence-corrected chi connectivity index (χ1v) is 13.1. The molecule has 0 fully saturated rings. The van der Waals surface area contributed by atoms with Gasteiger partial charge in [0.25, 0.3) is 0 Å². The number of alkyl halides is 15. The van der Waals surface area contributed by atoms with Crippen molar-refractivity contribution in [2.75, 3.05) is 0 Å². The first-order chi connectivity index (χ1) is 19.9. The number of ketones is 1. The number of rotatable bonds is 9. The Morgan fingerprint density at radius 1 is 0.477 bits per heavy atom. The molecule has 0 bridgehead atoms. The normalized spacial score (nSPS) is 14.3. The molecule has 1 nitrogen and oxygen atoms in total. The summed E-state index contributed by atoms with van der Waals surface area (Å²) in [6.07, 6.45) is -7.70. The summed E-state index contributed by atoms with van der Waals surface area (Å²) in [6, 6.07) is 16.8. The Bertz CT molecular complexity index is 1700. The molecule has 44 heavy (non-hydrogen) atoms. The van der Waals surface area contributed by atoms with E-state index < -0.39 is 52.4 Å². The van der Waals surface area contributed by atoms with Gasteiger partial charge in [-0.3, -0.25) is 4.79 Å². The molecule has 0 aliphatic carbocycles. The summed E-state index contributed by atoms with van der Waals surface area (Å²) in [5, 5.41) is 1.74. The molecule has 2 aromatic heterocycles. The van der Waals surface area contributed by atoms with Crippen molar-refractivity contribution in [3.8, 4) is 20.2 Å². The van der Waals surface area contributed by atoms with Crippen LogP contribution >= 0.6 is 22.7 Å². The van der Waals surface area contributed by atoms with Gasteiger partial charge in [0.1, 0.15) is 0 Å². The quantitative estimate of drug-likeness (QED) is 0.126. The lowest BCUT2D eigenvalue weighted by atomic mass is 9.89. The first-order valence-electron chi connectivity index (χ1n) is 11.5. The lowest BCUT2D eigenvalue weighted by molar-refractivity contribution is -0.449. The molecular formula is C26H11F15OS2. The number of benzene rings is 2. The maximum absolute atomic E-state index is 14.4. The molecule has 2 heterocycles. The fourth-order valence-electron chi connectivity index (χ4n) is 3.82. The van der Waals surface area contributed by atoms with Gasteiger partial charge in [-0.05, 0) is 46.7 Å². The van der Waals surface area contributed by atoms with Gasteiger partial charge >= 0.3 is 41.7 Å². The van der Waals surface area contributed by atoms with Crippen molar-refractivity contribution in [1.29, 1.82) is 0 Å². The summed E-state index contributed by atoms with van der Waals surface area (Å²) in [5.41, 5.74) is 0.676. The molecule has 0 saturated heterocycles. The summed E-state index contributed by atoms with van der Waals surface area (Å²) in [4.78, 5) is 11.4. The van der Waals surface area contributed by atoms with Crippen LogP contribution in [0.25, 0.3) is 31.0 Å². The van der Waals surface area contributed by atoms with Gasteiger partial charge in [0.2, 0.25) is 5.78 Å². The number of Topliss-reactive ketones (excluding diaryl/α,β-unsaturated/α-hetero) is 1. The maximum Gasteiger partial charge on any atom is 0.460 e. The molecule has 0 N–H and O–H groups in total. The van der Waals surface area contributed by atoms with E-state index in [2.05, 4.69) is 0 Å². The van der Waals surface area contributed by atoms with E-state index in [9.17, 15) is 70.7 Å². The van der Waals surface area contributed by atoms with E-state index in [0.717, 1.165) is 28.2 Å². The minimum absolute atomic E-state index is 0.0223. The Morgan fingerprint density at radius 3 is 1.55 bits per heavy atom. The molecule has 0 spiro atoms. The van der Waals surface area contributed by atoms with Gasteiger partial charge in [-0.15, -0.1) is 22.7 Å². The Balaban J connectivity index is 1.64. The van der Waals surface area contributed by atoms with E-state index in [-0.39, 0.29) is 21.1 Å². The minimum Gasteiger partial charge on any atom is -0.286 e. The SMILES string of the molecule is O=C(c1ccc(-c2ccc(-c3ccc4ccccc4c3)s2)s1)C(F)(F)C(F)(F)C(F)(F)C(F)(F)C(F)(F)C(F)(F)C(F)(F)F. The third-order valence-corrected chi connectivity index (χ3v) is 8.74. The second-order valence-electron chi connectivity index (χ2n) is 9.16. The molecule has 18 heteroatoms. The van der Waals surface area contributed by atoms with Crippen LogP contribution in [0.3, 0.4) is 0 Å². The zero-order valence-electron chi connectivity index (χ0n) is 20.7. The number of halogens is 15. The van der Waals surface area contributed by atoms with Gasteiger partial charge in [0.05, 0.1) is 4.88 Å². The first kappa shape index (κ1) is 33.6. The van der Waals surface area contributed by atoms with Crippen molar-refractivity contribution in [2.24, 2.45) is 0 Å². The lowest BCUT2D eigenvalue weighted by Crippen LogP contribution is -2.73. The number of fused-ring (bicyclic) bond motifs is 1. The Hall–Kier alpha value is -3.28. The fourth-order valence-corrected chi connectivity index (χ4v) is 5.90. The maximum atomic E-state index is 14.4. The standard InChI is InChI=1S/C26H11F15OS2/c27-20(28,21(29,30)22(31,32)23(33,34)24(35,36)25(37,38)26(39,40)41)19(42)18-10-9-17(44-18)16-8-7-15(43-16)14-6-5-12-3-1-2-4-13(12)11-14/h1-11H. The monoisotopic (exact) mass is 688 g/mol. The number of carbonyl (C=O) groups is 1. The van der Waals surface area contributed by atoms with Crippen LogP contribution in [-0.2, 0) is 0 Å². The zero-order valence-corrected chi connectivity index (χ0v) is 22.4. The highest BCUT2D eigenvalue weighted by molar-refractivity contribution is 7.24. The molecule has 0 saturated carbocycles. The van der Waals surface area contributed by atoms with Crippen molar-refractivity contribution < 1.29 is 70.7 Å². The third-order valence-electron chi connectivity index (χ3n) is 6.33. The van der Waals surface area contributed by atoms with Crippen LogP contribution in [0.4, 0.5) is 65.9 Å². The van der Waals surface area contributed by atoms with E-state index in [0.29, 0.717) is 16.5 Å². The molecular weight excluding hydrogens is 677 g/mol. The van der Waals surface area contributed by atoms with E-state index in [4.69, 9.17) is 0 Å². The minimum atomic E-state index is -8.46. The van der Waals surface area contributed by atoms with Gasteiger partial charge in [0.15, 0.2) is 0 Å². The number of hydrogen-bond donors (Lipinski definition) is 0. The van der Waals surface area contributed by atoms with Crippen LogP contribution in [0, 0.1) is 0 Å². The molecule has 0 aliphatic heterocycles. The van der Waals surface area contributed by atoms with Crippen molar-refractivity contribution in [3.63, 3.8) is 0 Å². The van der Waals surface area contributed by atoms with E-state index in [1.54, 1.807) is 36.4 Å². The average Bonchev–Trinajstić information content (AvgIpc) is 3.61. The molecule has 2 aromatic carbocycles. The predicted molar refractivity (Wildman–Crippen MR) is 131 cm³/mol. The van der Waals surface area contributed by atoms with Gasteiger partial charge in [-0.1, -0.05) is 36.4 Å². The summed E-state index contributed by atoms with van der Waals surface area (Å²) in [7, 11) is 0. The van der Waals surface area contributed by atoms with Crippen LogP contribution < -0.4 is 0 Å². The van der Waals surface area contributed by atoms with Gasteiger partial charge < -0.3 is 0 Å². The largest absolute Gasteiger partial charge is 0.460 e. The van der Waals surface area contributed by atoms with Crippen molar-refractivity contribution in [3.05, 3.63) is 71.6 Å². The number of hydrogen-bond acceptors (Lipinski definition) is 3. The van der Waals surface area contributed by atoms with Crippen LogP contribution in [-0.4, -0.2) is 47.5 Å². The Labute approximate surface area is 243 Å². The van der Waals surface area contributed by atoms with E-state index >= 15 is 0 Å². The number of carbonyl (C=O) groups excluding carboxylic acids is 1. The Kier molecular flexibility index (Phi) is 7.93. The highest BCUT2D eigenvalue weighted by Crippen LogP contribution is 2.62. The molecule has 0 aliphatic rings. The highest BCUT2D eigenvalue weighted by atomic mass is 32.1. The molecule has 238 valence electrons. The van der Waals surface area contributed by atoms with Crippen molar-refractivity contribution >= 4 is 39.2 Å². The van der Waals surface area contributed by atoms with Gasteiger partial charge in [-0.25, -0.2) is 0 Å². The van der Waals surface area contributed by atoms with Crippen molar-refractivity contribution in [1.82, 2.24) is 0 Å². The summed E-state index contributed by atoms with van der Waals surface area (Å²) >= 11 is 0.976. The highest BCUT2D eigenvalue weighted by Gasteiger charge is 2.94. The summed E-state index contributed by atoms with van der Waals surface area (Å²) in [6.45, 7) is 0. The van der Waals surface area contributed by atoms with Crippen LogP contribution in [0.5, 0.6) is 0 Å².